The van der Waals surface area contributed by atoms with Crippen molar-refractivity contribution in [2.24, 2.45) is 4.99 Å². The van der Waals surface area contributed by atoms with Crippen LogP contribution in [0.3, 0.4) is 0 Å². The Hall–Kier alpha value is -3.27. The van der Waals surface area contributed by atoms with Gasteiger partial charge in [0, 0.05) is 12.7 Å². The van der Waals surface area contributed by atoms with Gasteiger partial charge in [-0.25, -0.2) is 20.0 Å². The molecule has 3 aliphatic rings. The number of ether oxygens (including phenoxy) is 1. The molecule has 1 atom stereocenters. The quantitative estimate of drug-likeness (QED) is 0.674. The summed E-state index contributed by atoms with van der Waals surface area (Å²) in [6.45, 7) is 0. The van der Waals surface area contributed by atoms with Gasteiger partial charge in [-0.15, -0.1) is 0 Å². The van der Waals surface area contributed by atoms with Crippen molar-refractivity contribution in [2.75, 3.05) is 17.1 Å². The average Bonchev–Trinajstić information content (AvgIpc) is 3.52. The van der Waals surface area contributed by atoms with Crippen molar-refractivity contribution in [2.45, 2.75) is 37.5 Å². The van der Waals surface area contributed by atoms with Gasteiger partial charge in [-0.05, 0) is 36.9 Å². The maximum absolute atomic E-state index is 14.5. The van der Waals surface area contributed by atoms with E-state index in [1.54, 1.807) is 23.5 Å². The maximum atomic E-state index is 14.5. The van der Waals surface area contributed by atoms with Crippen LogP contribution in [0.1, 0.15) is 43.3 Å². The SMILES string of the molecule is COC1(c2nc(N3C=NC4c5ccccc5-n5c(cnc5F)N43)no2)CCCC1. The summed E-state index contributed by atoms with van der Waals surface area (Å²) in [7, 11) is 1.67. The number of hydrazine groups is 1. The highest BCUT2D eigenvalue weighted by Gasteiger charge is 2.44. The van der Waals surface area contributed by atoms with Gasteiger partial charge >= 0.3 is 0 Å². The maximum Gasteiger partial charge on any atom is 0.295 e. The fraction of sp³-hybridized carbons (Fsp3) is 0.368. The molecule has 10 heteroatoms. The molecule has 1 saturated carbocycles. The van der Waals surface area contributed by atoms with Crippen LogP contribution >= 0.6 is 0 Å². The van der Waals surface area contributed by atoms with Crippen molar-refractivity contribution in [1.82, 2.24) is 19.7 Å². The van der Waals surface area contributed by atoms with E-state index in [9.17, 15) is 4.39 Å². The van der Waals surface area contributed by atoms with Crippen LogP contribution in [0, 0.1) is 6.08 Å². The molecule has 0 radical (unpaired) electrons. The number of rotatable bonds is 3. The second kappa shape index (κ2) is 5.86. The Bertz CT molecular complexity index is 1120. The summed E-state index contributed by atoms with van der Waals surface area (Å²) in [6, 6.07) is 7.56. The highest BCUT2D eigenvalue weighted by atomic mass is 19.1. The molecule has 3 aromatic rings. The zero-order chi connectivity index (χ0) is 19.6. The minimum atomic E-state index is -0.587. The molecule has 1 fully saturated rings. The number of aliphatic imine (C=N–C) groups is 1. The van der Waals surface area contributed by atoms with Crippen molar-refractivity contribution in [3.05, 3.63) is 48.0 Å². The highest BCUT2D eigenvalue weighted by molar-refractivity contribution is 5.85. The number of imidazole rings is 1. The van der Waals surface area contributed by atoms with Gasteiger partial charge in [0.05, 0.1) is 11.9 Å². The molecule has 6 rings (SSSR count). The number of halogens is 1. The van der Waals surface area contributed by atoms with Crippen molar-refractivity contribution in [3.63, 3.8) is 0 Å². The number of benzene rings is 1. The Morgan fingerprint density at radius 2 is 2.07 bits per heavy atom. The molecule has 0 amide bonds. The van der Waals surface area contributed by atoms with Crippen LogP contribution in [0.2, 0.25) is 0 Å². The first kappa shape index (κ1) is 16.7. The molecule has 148 valence electrons. The summed E-state index contributed by atoms with van der Waals surface area (Å²) in [4.78, 5) is 13.1. The van der Waals surface area contributed by atoms with Gasteiger partial charge in [-0.2, -0.15) is 9.37 Å². The minimum absolute atomic E-state index is 0.321. The standard InChI is InChI=1S/C19H18FN7O2/c1-28-19(8-4-5-9-19)16-23-18(24-29-16)25-11-22-15-12-6-2-3-7-13(12)26-14(27(15)25)10-21-17(26)20/h2-3,6-7,10-11,15H,4-5,8-9H2,1H3. The molecular formula is C19H18FN7O2. The summed E-state index contributed by atoms with van der Waals surface area (Å²) < 4.78 is 27.3. The third-order valence-electron chi connectivity index (χ3n) is 5.98. The van der Waals surface area contributed by atoms with E-state index in [1.165, 1.54) is 10.8 Å². The van der Waals surface area contributed by atoms with Gasteiger partial charge in [-0.1, -0.05) is 18.2 Å². The minimum Gasteiger partial charge on any atom is -0.368 e. The molecule has 9 nitrogen and oxygen atoms in total. The summed E-state index contributed by atoms with van der Waals surface area (Å²) in [5, 5.41) is 7.64. The third kappa shape index (κ3) is 2.17. The van der Waals surface area contributed by atoms with E-state index in [0.717, 1.165) is 36.9 Å². The molecular weight excluding hydrogens is 377 g/mol. The first-order valence-electron chi connectivity index (χ1n) is 9.55. The van der Waals surface area contributed by atoms with Crippen LogP contribution in [0.4, 0.5) is 16.2 Å². The molecule has 4 heterocycles. The summed E-state index contributed by atoms with van der Waals surface area (Å²) in [5.74, 6) is 1.32. The molecule has 0 spiro atoms. The van der Waals surface area contributed by atoms with Crippen molar-refractivity contribution in [1.29, 1.82) is 0 Å². The molecule has 2 aliphatic heterocycles. The number of aromatic nitrogens is 4. The Kier molecular flexibility index (Phi) is 3.37. The number of nitrogens with zero attached hydrogens (tertiary/aromatic N) is 7. The van der Waals surface area contributed by atoms with Crippen molar-refractivity contribution >= 4 is 18.1 Å². The molecule has 1 aromatic carbocycles. The smallest absolute Gasteiger partial charge is 0.295 e. The summed E-state index contributed by atoms with van der Waals surface area (Å²) >= 11 is 0. The number of hydrogen-bond donors (Lipinski definition) is 0. The van der Waals surface area contributed by atoms with Gasteiger partial charge in [0.1, 0.15) is 11.9 Å². The molecule has 1 aliphatic carbocycles. The van der Waals surface area contributed by atoms with Crippen molar-refractivity contribution < 1.29 is 13.7 Å². The molecule has 0 saturated heterocycles. The largest absolute Gasteiger partial charge is 0.368 e. The van der Waals surface area contributed by atoms with Crippen LogP contribution in [-0.4, -0.2) is 33.1 Å². The second-order valence-electron chi connectivity index (χ2n) is 7.41. The summed E-state index contributed by atoms with van der Waals surface area (Å²) in [6.07, 6.45) is 5.96. The lowest BCUT2D eigenvalue weighted by Gasteiger charge is -2.35. The number of fused-ring (bicyclic) bond motifs is 6. The topological polar surface area (TPSA) is 84.8 Å². The number of para-hydroxylation sites is 1. The second-order valence-corrected chi connectivity index (χ2v) is 7.41. The fourth-order valence-corrected chi connectivity index (χ4v) is 4.52. The zero-order valence-corrected chi connectivity index (χ0v) is 15.7. The lowest BCUT2D eigenvalue weighted by Crippen LogP contribution is -2.43. The normalized spacial score (nSPS) is 21.4. The lowest BCUT2D eigenvalue weighted by molar-refractivity contribution is -0.0342. The van der Waals surface area contributed by atoms with E-state index >= 15 is 0 Å². The van der Waals surface area contributed by atoms with E-state index in [-0.39, 0.29) is 6.17 Å². The van der Waals surface area contributed by atoms with E-state index in [0.29, 0.717) is 17.7 Å². The van der Waals surface area contributed by atoms with E-state index < -0.39 is 11.7 Å². The van der Waals surface area contributed by atoms with Gasteiger partial charge in [0.25, 0.3) is 17.9 Å². The zero-order valence-electron chi connectivity index (χ0n) is 15.7. The Balaban J connectivity index is 1.43. The van der Waals surface area contributed by atoms with E-state index in [2.05, 4.69) is 20.1 Å². The van der Waals surface area contributed by atoms with Crippen LogP contribution < -0.4 is 10.0 Å². The number of anilines is 2. The third-order valence-corrected chi connectivity index (χ3v) is 5.98. The highest BCUT2D eigenvalue weighted by Crippen LogP contribution is 2.44. The molecule has 1 unspecified atom stereocenters. The van der Waals surface area contributed by atoms with Crippen LogP contribution in [-0.2, 0) is 10.3 Å². The summed E-state index contributed by atoms with van der Waals surface area (Å²) in [5.41, 5.74) is 1.04. The molecule has 0 N–H and O–H groups in total. The van der Waals surface area contributed by atoms with Crippen LogP contribution in [0.5, 0.6) is 0 Å². The lowest BCUT2D eigenvalue weighted by atomic mass is 10.0. The van der Waals surface area contributed by atoms with Gasteiger partial charge in [-0.3, -0.25) is 4.57 Å². The van der Waals surface area contributed by atoms with Gasteiger partial charge < -0.3 is 9.26 Å². The monoisotopic (exact) mass is 395 g/mol. The van der Waals surface area contributed by atoms with E-state index in [4.69, 9.17) is 9.26 Å². The average molecular weight is 395 g/mol. The molecule has 29 heavy (non-hydrogen) atoms. The first-order chi connectivity index (χ1) is 14.2. The van der Waals surface area contributed by atoms with E-state index in [1.807, 2.05) is 24.3 Å². The first-order valence-corrected chi connectivity index (χ1v) is 9.55. The number of hydrogen-bond acceptors (Lipinski definition) is 8. The molecule has 2 aromatic heterocycles. The van der Waals surface area contributed by atoms with Crippen molar-refractivity contribution in [3.8, 4) is 5.69 Å². The molecule has 0 bridgehead atoms. The predicted octanol–water partition coefficient (Wildman–Crippen LogP) is 3.09. The Labute approximate surface area is 165 Å². The fourth-order valence-electron chi connectivity index (χ4n) is 4.52. The number of methoxy groups -OCH3 is 1. The Morgan fingerprint density at radius 1 is 1.24 bits per heavy atom. The Morgan fingerprint density at radius 3 is 2.90 bits per heavy atom. The van der Waals surface area contributed by atoms with Gasteiger partial charge in [0.15, 0.2) is 12.0 Å². The predicted molar refractivity (Wildman–Crippen MR) is 101 cm³/mol. The van der Waals surface area contributed by atoms with Crippen LogP contribution in [0.15, 0.2) is 40.0 Å². The van der Waals surface area contributed by atoms with Crippen LogP contribution in [0.25, 0.3) is 5.69 Å². The van der Waals surface area contributed by atoms with Gasteiger partial charge in [0.2, 0.25) is 0 Å².